The van der Waals surface area contributed by atoms with Crippen LogP contribution in [0.5, 0.6) is 40.2 Å². The molecule has 0 spiro atoms. The average Bonchev–Trinajstić information content (AvgIpc) is 3.09. The van der Waals surface area contributed by atoms with Crippen LogP contribution in [0.15, 0.2) is 78.9 Å². The van der Waals surface area contributed by atoms with E-state index in [0.29, 0.717) is 66.2 Å². The zero-order valence-corrected chi connectivity index (χ0v) is 27.5. The Bertz CT molecular complexity index is 1640. The Morgan fingerprint density at radius 3 is 1.32 bits per heavy atom. The first kappa shape index (κ1) is 34.5. The first-order valence-corrected chi connectivity index (χ1v) is 15.2. The van der Waals surface area contributed by atoms with E-state index >= 15 is 0 Å². The summed E-state index contributed by atoms with van der Waals surface area (Å²) in [5, 5.41) is 5.94. The molecule has 0 saturated heterocycles. The molecule has 0 radical (unpaired) electrons. The van der Waals surface area contributed by atoms with Crippen molar-refractivity contribution in [2.45, 2.75) is 25.7 Å². The number of rotatable bonds is 17. The van der Waals surface area contributed by atoms with Gasteiger partial charge in [0.05, 0.1) is 48.4 Å². The van der Waals surface area contributed by atoms with Gasteiger partial charge in [-0.2, -0.15) is 0 Å². The van der Waals surface area contributed by atoms with Gasteiger partial charge < -0.3 is 39.1 Å². The highest BCUT2D eigenvalue weighted by atomic mass is 16.5. The predicted molar refractivity (Wildman–Crippen MR) is 179 cm³/mol. The van der Waals surface area contributed by atoms with Crippen molar-refractivity contribution < 1.29 is 38.0 Å². The van der Waals surface area contributed by atoms with Crippen LogP contribution in [0.4, 0.5) is 0 Å². The maximum atomic E-state index is 12.7. The van der Waals surface area contributed by atoms with Gasteiger partial charge in [0.1, 0.15) is 5.75 Å². The molecule has 0 atom stereocenters. The molecule has 0 bridgehead atoms. The summed E-state index contributed by atoms with van der Waals surface area (Å²) in [7, 11) is 7.95. The van der Waals surface area contributed by atoms with E-state index in [1.807, 2.05) is 54.6 Å². The Morgan fingerprint density at radius 1 is 0.468 bits per heavy atom. The minimum absolute atomic E-state index is 0.0736. The Labute approximate surface area is 275 Å². The van der Waals surface area contributed by atoms with Crippen LogP contribution < -0.4 is 39.1 Å². The lowest BCUT2D eigenvalue weighted by atomic mass is 10.1. The van der Waals surface area contributed by atoms with Gasteiger partial charge in [0.2, 0.25) is 11.8 Å². The number of ether oxygens (including phenoxy) is 6. The Morgan fingerprint density at radius 2 is 0.851 bits per heavy atom. The SMILES string of the molecule is COc1ccc(CCNC(=O)Cc2ccc(Oc3cc(CC(=O)NCCc4ccc(OC)c(OC)c4)ccc3OC)cc2)cc1OC. The van der Waals surface area contributed by atoms with Crippen LogP contribution >= 0.6 is 0 Å². The van der Waals surface area contributed by atoms with E-state index in [1.165, 1.54) is 0 Å². The van der Waals surface area contributed by atoms with Gasteiger partial charge in [-0.05, 0) is 83.6 Å². The number of amides is 2. The number of nitrogens with one attached hydrogen (secondary N) is 2. The lowest BCUT2D eigenvalue weighted by Gasteiger charge is -2.13. The van der Waals surface area contributed by atoms with Crippen molar-refractivity contribution in [3.05, 3.63) is 101 Å². The van der Waals surface area contributed by atoms with Crippen molar-refractivity contribution in [1.29, 1.82) is 0 Å². The summed E-state index contributed by atoms with van der Waals surface area (Å²) in [6.07, 6.45) is 1.75. The fourth-order valence-electron chi connectivity index (χ4n) is 4.97. The number of carbonyl (C=O) groups is 2. The molecule has 4 rings (SSSR count). The van der Waals surface area contributed by atoms with E-state index in [0.717, 1.165) is 22.3 Å². The molecule has 0 saturated carbocycles. The fraction of sp³-hybridized carbons (Fsp3) is 0.297. The fourth-order valence-corrected chi connectivity index (χ4v) is 4.97. The second kappa shape index (κ2) is 17.4. The second-order valence-electron chi connectivity index (χ2n) is 10.7. The van der Waals surface area contributed by atoms with Gasteiger partial charge >= 0.3 is 0 Å². The topological polar surface area (TPSA) is 114 Å². The molecule has 0 fully saturated rings. The molecule has 0 aromatic heterocycles. The van der Waals surface area contributed by atoms with Gasteiger partial charge in [-0.25, -0.2) is 0 Å². The third kappa shape index (κ3) is 10.1. The highest BCUT2D eigenvalue weighted by Crippen LogP contribution is 2.33. The molecule has 0 aliphatic carbocycles. The van der Waals surface area contributed by atoms with E-state index in [4.69, 9.17) is 28.4 Å². The number of hydrogen-bond acceptors (Lipinski definition) is 8. The smallest absolute Gasteiger partial charge is 0.224 e. The molecule has 4 aromatic rings. The van der Waals surface area contributed by atoms with Crippen molar-refractivity contribution in [3.63, 3.8) is 0 Å². The third-order valence-electron chi connectivity index (χ3n) is 7.48. The van der Waals surface area contributed by atoms with Crippen molar-refractivity contribution >= 4 is 11.8 Å². The van der Waals surface area contributed by atoms with Crippen molar-refractivity contribution in [2.75, 3.05) is 48.6 Å². The number of methoxy groups -OCH3 is 5. The van der Waals surface area contributed by atoms with E-state index in [-0.39, 0.29) is 24.7 Å². The molecular weight excluding hydrogens is 600 g/mol. The second-order valence-corrected chi connectivity index (χ2v) is 10.7. The van der Waals surface area contributed by atoms with Gasteiger partial charge in [0, 0.05) is 13.1 Å². The largest absolute Gasteiger partial charge is 0.493 e. The number of benzene rings is 4. The van der Waals surface area contributed by atoms with E-state index < -0.39 is 0 Å². The van der Waals surface area contributed by atoms with Crippen molar-refractivity contribution in [1.82, 2.24) is 10.6 Å². The van der Waals surface area contributed by atoms with Crippen LogP contribution in [0, 0.1) is 0 Å². The summed E-state index contributed by atoms with van der Waals surface area (Å²) in [4.78, 5) is 25.2. The van der Waals surface area contributed by atoms with Crippen LogP contribution in [0.25, 0.3) is 0 Å². The summed E-state index contributed by atoms with van der Waals surface area (Å²) in [5.74, 6) is 4.08. The lowest BCUT2D eigenvalue weighted by molar-refractivity contribution is -0.121. The van der Waals surface area contributed by atoms with Crippen molar-refractivity contribution in [2.24, 2.45) is 0 Å². The molecule has 0 heterocycles. The monoisotopic (exact) mass is 642 g/mol. The molecule has 47 heavy (non-hydrogen) atoms. The first-order valence-electron chi connectivity index (χ1n) is 15.2. The summed E-state index contributed by atoms with van der Waals surface area (Å²) in [6, 6.07) is 24.2. The van der Waals surface area contributed by atoms with E-state index in [1.54, 1.807) is 59.8 Å². The molecule has 2 amide bonds. The first-order chi connectivity index (χ1) is 22.8. The van der Waals surface area contributed by atoms with Gasteiger partial charge in [0.15, 0.2) is 34.5 Å². The predicted octanol–water partition coefficient (Wildman–Crippen LogP) is 5.32. The molecular formula is C37H42N2O8. The zero-order chi connectivity index (χ0) is 33.6. The highest BCUT2D eigenvalue weighted by molar-refractivity contribution is 5.79. The lowest BCUT2D eigenvalue weighted by Crippen LogP contribution is -2.27. The van der Waals surface area contributed by atoms with E-state index in [9.17, 15) is 9.59 Å². The highest BCUT2D eigenvalue weighted by Gasteiger charge is 2.12. The third-order valence-corrected chi connectivity index (χ3v) is 7.48. The van der Waals surface area contributed by atoms with Gasteiger partial charge in [0.25, 0.3) is 0 Å². The molecule has 0 unspecified atom stereocenters. The molecule has 10 nitrogen and oxygen atoms in total. The van der Waals surface area contributed by atoms with Crippen LogP contribution in [0.1, 0.15) is 22.3 Å². The Hall–Kier alpha value is -5.38. The molecule has 4 aromatic carbocycles. The van der Waals surface area contributed by atoms with Gasteiger partial charge in [-0.15, -0.1) is 0 Å². The number of hydrogen-bond donors (Lipinski definition) is 2. The Balaban J connectivity index is 1.26. The Kier molecular flexibility index (Phi) is 12.7. The summed E-state index contributed by atoms with van der Waals surface area (Å²) < 4.78 is 32.9. The quantitative estimate of drug-likeness (QED) is 0.159. The van der Waals surface area contributed by atoms with Gasteiger partial charge in [-0.3, -0.25) is 9.59 Å². The summed E-state index contributed by atoms with van der Waals surface area (Å²) >= 11 is 0. The number of carbonyl (C=O) groups excluding carboxylic acids is 2. The average molecular weight is 643 g/mol. The van der Waals surface area contributed by atoms with Crippen LogP contribution in [-0.2, 0) is 35.3 Å². The maximum Gasteiger partial charge on any atom is 0.224 e. The zero-order valence-electron chi connectivity index (χ0n) is 27.5. The molecule has 248 valence electrons. The summed E-state index contributed by atoms with van der Waals surface area (Å²) in [5.41, 5.74) is 3.70. The van der Waals surface area contributed by atoms with E-state index in [2.05, 4.69) is 10.6 Å². The normalized spacial score (nSPS) is 10.5. The minimum atomic E-state index is -0.104. The van der Waals surface area contributed by atoms with Crippen molar-refractivity contribution in [3.8, 4) is 40.2 Å². The standard InChI is InChI=1S/C37H42N2O8/c1-42-30-13-8-26(20-33(30)45-4)16-18-38-36(40)23-25-6-11-29(12-7-25)47-35-22-28(10-15-32(35)44-3)24-37(41)39-19-17-27-9-14-31(43-2)34(21-27)46-5/h6-15,20-22H,16-19,23-24H2,1-5H3,(H,38,40)(H,39,41). The van der Waals surface area contributed by atoms with Crippen LogP contribution in [0.3, 0.4) is 0 Å². The molecule has 0 aliphatic rings. The molecule has 0 aliphatic heterocycles. The maximum absolute atomic E-state index is 12.7. The van der Waals surface area contributed by atoms with Crippen LogP contribution in [0.2, 0.25) is 0 Å². The molecule has 2 N–H and O–H groups in total. The van der Waals surface area contributed by atoms with Crippen LogP contribution in [-0.4, -0.2) is 60.5 Å². The molecule has 10 heteroatoms. The van der Waals surface area contributed by atoms with Gasteiger partial charge in [-0.1, -0.05) is 30.3 Å². The minimum Gasteiger partial charge on any atom is -0.493 e. The summed E-state index contributed by atoms with van der Waals surface area (Å²) in [6.45, 7) is 0.984.